The van der Waals surface area contributed by atoms with Gasteiger partial charge in [0.15, 0.2) is 0 Å². The first-order chi connectivity index (χ1) is 6.97. The summed E-state index contributed by atoms with van der Waals surface area (Å²) in [6.45, 7) is 8.22. The molecule has 0 aliphatic heterocycles. The monoisotopic (exact) mass is 272 g/mol. The van der Waals surface area contributed by atoms with Gasteiger partial charge in [0.2, 0.25) is 0 Å². The van der Waals surface area contributed by atoms with Gasteiger partial charge in [0.1, 0.15) is 10.3 Å². The molecular formula is C11H17BrN2O. The van der Waals surface area contributed by atoms with Gasteiger partial charge in [-0.05, 0) is 28.3 Å². The Bertz CT molecular complexity index is 398. The van der Waals surface area contributed by atoms with E-state index in [2.05, 4.69) is 39.7 Å². The lowest BCUT2D eigenvalue weighted by atomic mass is 10.1. The molecule has 0 bridgehead atoms. The lowest BCUT2D eigenvalue weighted by Gasteiger charge is -2.12. The Morgan fingerprint density at radius 2 is 2.00 bits per heavy atom. The Balaban J connectivity index is 3.29. The van der Waals surface area contributed by atoms with Crippen LogP contribution in [0.3, 0.4) is 0 Å². The van der Waals surface area contributed by atoms with Crippen LogP contribution >= 0.6 is 15.9 Å². The van der Waals surface area contributed by atoms with Crippen molar-refractivity contribution in [1.29, 1.82) is 0 Å². The minimum Gasteiger partial charge on any atom is -0.309 e. The zero-order valence-electron chi connectivity index (χ0n) is 9.60. The van der Waals surface area contributed by atoms with E-state index in [1.165, 1.54) is 0 Å². The predicted octanol–water partition coefficient (Wildman–Crippen LogP) is 3.17. The molecule has 0 aromatic carbocycles. The number of hydrogen-bond donors (Lipinski definition) is 1. The predicted molar refractivity (Wildman–Crippen MR) is 65.4 cm³/mol. The average Bonchev–Trinajstić information content (AvgIpc) is 2.20. The summed E-state index contributed by atoms with van der Waals surface area (Å²) in [5.41, 5.74) is 0.762. The molecule has 84 valence electrons. The van der Waals surface area contributed by atoms with Gasteiger partial charge in [-0.2, -0.15) is 0 Å². The van der Waals surface area contributed by atoms with Crippen LogP contribution in [0.1, 0.15) is 57.5 Å². The van der Waals surface area contributed by atoms with Crippen molar-refractivity contribution in [3.05, 3.63) is 26.3 Å². The highest BCUT2D eigenvalue weighted by Gasteiger charge is 2.14. The van der Waals surface area contributed by atoms with Gasteiger partial charge in [-0.3, -0.25) is 4.79 Å². The summed E-state index contributed by atoms with van der Waals surface area (Å²) in [6.07, 6.45) is 0.974. The van der Waals surface area contributed by atoms with Crippen LogP contribution in [0.5, 0.6) is 0 Å². The van der Waals surface area contributed by atoms with E-state index in [9.17, 15) is 4.79 Å². The van der Waals surface area contributed by atoms with E-state index in [4.69, 9.17) is 0 Å². The van der Waals surface area contributed by atoms with Gasteiger partial charge in [0.25, 0.3) is 5.56 Å². The first-order valence-corrected chi connectivity index (χ1v) is 6.06. The van der Waals surface area contributed by atoms with Crippen LogP contribution < -0.4 is 5.56 Å². The first-order valence-electron chi connectivity index (χ1n) is 5.27. The van der Waals surface area contributed by atoms with Crippen molar-refractivity contribution in [2.24, 2.45) is 0 Å². The van der Waals surface area contributed by atoms with Crippen LogP contribution in [0, 0.1) is 0 Å². The fraction of sp³-hybridized carbons (Fsp3) is 0.636. The maximum Gasteiger partial charge on any atom is 0.265 e. The van der Waals surface area contributed by atoms with E-state index in [1.807, 2.05) is 13.8 Å². The SMILES string of the molecule is CCC(C)c1nc(C(C)C)c(Br)c(=O)[nH]1. The molecule has 0 aliphatic rings. The van der Waals surface area contributed by atoms with Crippen molar-refractivity contribution in [3.8, 4) is 0 Å². The van der Waals surface area contributed by atoms with Crippen molar-refractivity contribution in [2.75, 3.05) is 0 Å². The topological polar surface area (TPSA) is 45.8 Å². The molecule has 1 N–H and O–H groups in total. The van der Waals surface area contributed by atoms with Crippen LogP contribution in [0.2, 0.25) is 0 Å². The van der Waals surface area contributed by atoms with E-state index in [-0.39, 0.29) is 11.5 Å². The summed E-state index contributed by atoms with van der Waals surface area (Å²) in [7, 11) is 0. The van der Waals surface area contributed by atoms with Gasteiger partial charge in [-0.15, -0.1) is 0 Å². The highest BCUT2D eigenvalue weighted by molar-refractivity contribution is 9.10. The number of H-pyrrole nitrogens is 1. The fourth-order valence-corrected chi connectivity index (χ4v) is 1.95. The molecule has 3 nitrogen and oxygen atoms in total. The summed E-state index contributed by atoms with van der Waals surface area (Å²) in [6, 6.07) is 0. The molecule has 0 spiro atoms. The molecule has 4 heteroatoms. The Morgan fingerprint density at radius 1 is 1.40 bits per heavy atom. The second-order valence-electron chi connectivity index (χ2n) is 4.11. The fourth-order valence-electron chi connectivity index (χ4n) is 1.30. The molecule has 0 aliphatic carbocycles. The largest absolute Gasteiger partial charge is 0.309 e. The molecule has 1 unspecified atom stereocenters. The summed E-state index contributed by atoms with van der Waals surface area (Å²) in [4.78, 5) is 19.0. The molecule has 1 aromatic rings. The second-order valence-corrected chi connectivity index (χ2v) is 4.91. The number of nitrogens with zero attached hydrogens (tertiary/aromatic N) is 1. The highest BCUT2D eigenvalue weighted by atomic mass is 79.9. The highest BCUT2D eigenvalue weighted by Crippen LogP contribution is 2.21. The summed E-state index contributed by atoms with van der Waals surface area (Å²) < 4.78 is 0.560. The molecule has 0 saturated carbocycles. The Kier molecular flexibility index (Phi) is 4.08. The quantitative estimate of drug-likeness (QED) is 0.919. The Morgan fingerprint density at radius 3 is 2.47 bits per heavy atom. The second kappa shape index (κ2) is 4.92. The minimum atomic E-state index is -0.0796. The number of aromatic amines is 1. The Labute approximate surface area is 98.5 Å². The molecule has 0 radical (unpaired) electrons. The van der Waals surface area contributed by atoms with E-state index < -0.39 is 0 Å². The van der Waals surface area contributed by atoms with Crippen LogP contribution in [0.15, 0.2) is 9.27 Å². The Hall–Kier alpha value is -0.640. The summed E-state index contributed by atoms with van der Waals surface area (Å²) >= 11 is 3.28. The molecule has 1 heterocycles. The van der Waals surface area contributed by atoms with Crippen LogP contribution in [0.4, 0.5) is 0 Å². The van der Waals surface area contributed by atoms with Crippen molar-refractivity contribution >= 4 is 15.9 Å². The van der Waals surface area contributed by atoms with Gasteiger partial charge in [-0.1, -0.05) is 27.7 Å². The maximum atomic E-state index is 11.6. The van der Waals surface area contributed by atoms with Crippen LogP contribution in [0.25, 0.3) is 0 Å². The van der Waals surface area contributed by atoms with Gasteiger partial charge < -0.3 is 4.98 Å². The summed E-state index contributed by atoms with van der Waals surface area (Å²) in [5.74, 6) is 1.34. The lowest BCUT2D eigenvalue weighted by Crippen LogP contribution is -2.17. The zero-order chi connectivity index (χ0) is 11.6. The smallest absolute Gasteiger partial charge is 0.265 e. The van der Waals surface area contributed by atoms with Gasteiger partial charge in [-0.25, -0.2) is 4.98 Å². The number of halogens is 1. The molecule has 1 aromatic heterocycles. The van der Waals surface area contributed by atoms with Crippen LogP contribution in [-0.4, -0.2) is 9.97 Å². The van der Waals surface area contributed by atoms with Crippen molar-refractivity contribution in [3.63, 3.8) is 0 Å². The first kappa shape index (κ1) is 12.4. The standard InChI is InChI=1S/C11H17BrN2O/c1-5-7(4)10-13-9(6(2)3)8(12)11(15)14-10/h6-7H,5H2,1-4H3,(H,13,14,15). The molecule has 1 rings (SSSR count). The maximum absolute atomic E-state index is 11.6. The molecular weight excluding hydrogens is 256 g/mol. The number of hydrogen-bond acceptors (Lipinski definition) is 2. The number of rotatable bonds is 3. The zero-order valence-corrected chi connectivity index (χ0v) is 11.2. The van der Waals surface area contributed by atoms with Crippen molar-refractivity contribution < 1.29 is 0 Å². The number of nitrogens with one attached hydrogen (secondary N) is 1. The lowest BCUT2D eigenvalue weighted by molar-refractivity contribution is 0.654. The normalized spacial score (nSPS) is 13.2. The van der Waals surface area contributed by atoms with E-state index >= 15 is 0 Å². The van der Waals surface area contributed by atoms with Crippen molar-refractivity contribution in [2.45, 2.75) is 46.0 Å². The molecule has 15 heavy (non-hydrogen) atoms. The average molecular weight is 273 g/mol. The van der Waals surface area contributed by atoms with Gasteiger partial charge >= 0.3 is 0 Å². The van der Waals surface area contributed by atoms with Crippen LogP contribution in [-0.2, 0) is 0 Å². The molecule has 0 fully saturated rings. The van der Waals surface area contributed by atoms with E-state index in [0.29, 0.717) is 10.4 Å². The minimum absolute atomic E-state index is 0.0796. The van der Waals surface area contributed by atoms with E-state index in [0.717, 1.165) is 17.9 Å². The third-order valence-electron chi connectivity index (χ3n) is 2.53. The molecule has 0 saturated heterocycles. The number of aromatic nitrogens is 2. The molecule has 1 atom stereocenters. The third-order valence-corrected chi connectivity index (χ3v) is 3.30. The summed E-state index contributed by atoms with van der Waals surface area (Å²) in [5, 5.41) is 0. The van der Waals surface area contributed by atoms with E-state index in [1.54, 1.807) is 0 Å². The van der Waals surface area contributed by atoms with Gasteiger partial charge in [0.05, 0.1) is 5.69 Å². The van der Waals surface area contributed by atoms with Crippen molar-refractivity contribution in [1.82, 2.24) is 9.97 Å². The molecule has 0 amide bonds. The van der Waals surface area contributed by atoms with Gasteiger partial charge in [0, 0.05) is 5.92 Å². The third kappa shape index (κ3) is 2.68.